The predicted octanol–water partition coefficient (Wildman–Crippen LogP) is 5.85. The Morgan fingerprint density at radius 3 is 2.18 bits per heavy atom. The Hall–Kier alpha value is -4.06. The van der Waals surface area contributed by atoms with Crippen molar-refractivity contribution in [2.75, 3.05) is 35.6 Å². The van der Waals surface area contributed by atoms with Gasteiger partial charge in [0.25, 0.3) is 0 Å². The maximum absolute atomic E-state index is 6.28. The summed E-state index contributed by atoms with van der Waals surface area (Å²) in [7, 11) is 0. The summed E-state index contributed by atoms with van der Waals surface area (Å²) in [5.74, 6) is 3.40. The van der Waals surface area contributed by atoms with Crippen LogP contribution in [0.4, 0.5) is 17.3 Å². The average molecular weight is 452 g/mol. The van der Waals surface area contributed by atoms with E-state index >= 15 is 0 Å². The topological polar surface area (TPSA) is 76.3 Å². The minimum Gasteiger partial charge on any atom is -0.457 e. The molecule has 0 amide bonds. The number of hydrogen-bond donors (Lipinski definition) is 2. The van der Waals surface area contributed by atoms with Gasteiger partial charge in [0.05, 0.1) is 5.56 Å². The van der Waals surface area contributed by atoms with Crippen molar-refractivity contribution < 1.29 is 4.74 Å². The Balaban J connectivity index is 1.23. The molecule has 34 heavy (non-hydrogen) atoms. The SMILES string of the molecule is Nc1ncnc(NCC2CCN(c3ccccc3)CC2)c1-c1ccc(Oc2ccccc2)cc1. The molecule has 2 heterocycles. The molecule has 0 unspecified atom stereocenters. The molecule has 0 aliphatic carbocycles. The third-order valence-electron chi connectivity index (χ3n) is 6.29. The highest BCUT2D eigenvalue weighted by molar-refractivity contribution is 5.83. The lowest BCUT2D eigenvalue weighted by Crippen LogP contribution is -2.35. The molecule has 6 heteroatoms. The number of nitrogens with zero attached hydrogens (tertiary/aromatic N) is 3. The van der Waals surface area contributed by atoms with Crippen LogP contribution in [0.25, 0.3) is 11.1 Å². The summed E-state index contributed by atoms with van der Waals surface area (Å²) >= 11 is 0. The number of anilines is 3. The first kappa shape index (κ1) is 21.8. The Morgan fingerprint density at radius 1 is 0.824 bits per heavy atom. The number of nitrogens with two attached hydrogens (primary N) is 1. The van der Waals surface area contributed by atoms with Gasteiger partial charge in [0.15, 0.2) is 0 Å². The van der Waals surface area contributed by atoms with E-state index in [1.54, 1.807) is 0 Å². The molecule has 1 aromatic heterocycles. The second-order valence-electron chi connectivity index (χ2n) is 8.57. The van der Waals surface area contributed by atoms with Crippen LogP contribution in [0.1, 0.15) is 12.8 Å². The normalized spacial score (nSPS) is 14.1. The standard InChI is InChI=1S/C28H29N5O/c29-27-26(22-11-13-25(14-12-22)34-24-9-5-2-6-10-24)28(32-20-31-27)30-19-21-15-17-33(18-16-21)23-7-3-1-4-8-23/h1-14,20-21H,15-19H2,(H3,29,30,31,32). The van der Waals surface area contributed by atoms with E-state index in [1.807, 2.05) is 54.6 Å². The van der Waals surface area contributed by atoms with Crippen LogP contribution in [0.15, 0.2) is 91.3 Å². The maximum atomic E-state index is 6.28. The second kappa shape index (κ2) is 10.3. The highest BCUT2D eigenvalue weighted by Gasteiger charge is 2.20. The van der Waals surface area contributed by atoms with E-state index in [1.165, 1.54) is 12.0 Å². The number of ether oxygens (including phenoxy) is 1. The highest BCUT2D eigenvalue weighted by atomic mass is 16.5. The van der Waals surface area contributed by atoms with Crippen LogP contribution in [-0.4, -0.2) is 29.6 Å². The van der Waals surface area contributed by atoms with Gasteiger partial charge < -0.3 is 20.7 Å². The van der Waals surface area contributed by atoms with Gasteiger partial charge in [0.1, 0.15) is 29.5 Å². The number of nitrogens with one attached hydrogen (secondary N) is 1. The molecule has 5 rings (SSSR count). The lowest BCUT2D eigenvalue weighted by atomic mass is 9.96. The van der Waals surface area contributed by atoms with Crippen LogP contribution in [0, 0.1) is 5.92 Å². The monoisotopic (exact) mass is 451 g/mol. The number of para-hydroxylation sites is 2. The van der Waals surface area contributed by atoms with E-state index in [9.17, 15) is 0 Å². The Kier molecular flexibility index (Phi) is 6.56. The molecule has 0 radical (unpaired) electrons. The Bertz CT molecular complexity index is 1190. The van der Waals surface area contributed by atoms with Crippen LogP contribution >= 0.6 is 0 Å². The summed E-state index contributed by atoms with van der Waals surface area (Å²) < 4.78 is 5.92. The predicted molar refractivity (Wildman–Crippen MR) is 138 cm³/mol. The van der Waals surface area contributed by atoms with Crippen LogP contribution in [-0.2, 0) is 0 Å². The van der Waals surface area contributed by atoms with E-state index in [-0.39, 0.29) is 0 Å². The Labute approximate surface area is 200 Å². The van der Waals surface area contributed by atoms with Gasteiger partial charge in [-0.25, -0.2) is 9.97 Å². The van der Waals surface area contributed by atoms with Gasteiger partial charge in [-0.3, -0.25) is 0 Å². The smallest absolute Gasteiger partial charge is 0.139 e. The van der Waals surface area contributed by atoms with Gasteiger partial charge in [-0.15, -0.1) is 0 Å². The van der Waals surface area contributed by atoms with Gasteiger partial charge in [0, 0.05) is 25.3 Å². The van der Waals surface area contributed by atoms with E-state index in [4.69, 9.17) is 10.5 Å². The van der Waals surface area contributed by atoms with E-state index in [0.717, 1.165) is 60.9 Å². The number of aromatic nitrogens is 2. The summed E-state index contributed by atoms with van der Waals surface area (Å²) in [5.41, 5.74) is 9.37. The van der Waals surface area contributed by atoms with Gasteiger partial charge in [-0.2, -0.15) is 0 Å². The van der Waals surface area contributed by atoms with Crippen molar-refractivity contribution in [2.24, 2.45) is 5.92 Å². The lowest BCUT2D eigenvalue weighted by molar-refractivity contribution is 0.423. The van der Waals surface area contributed by atoms with Crippen LogP contribution in [0.3, 0.4) is 0 Å². The second-order valence-corrected chi connectivity index (χ2v) is 8.57. The molecule has 4 aromatic rings. The minimum atomic E-state index is 0.466. The molecule has 0 atom stereocenters. The van der Waals surface area contributed by atoms with E-state index in [0.29, 0.717) is 11.7 Å². The molecule has 1 fully saturated rings. The first-order valence-corrected chi connectivity index (χ1v) is 11.7. The zero-order chi connectivity index (χ0) is 23.2. The van der Waals surface area contributed by atoms with Gasteiger partial charge in [-0.1, -0.05) is 48.5 Å². The van der Waals surface area contributed by atoms with Crippen molar-refractivity contribution in [1.29, 1.82) is 0 Å². The Morgan fingerprint density at radius 2 is 1.47 bits per heavy atom. The maximum Gasteiger partial charge on any atom is 0.139 e. The van der Waals surface area contributed by atoms with Crippen molar-refractivity contribution in [2.45, 2.75) is 12.8 Å². The fraction of sp³-hybridized carbons (Fsp3) is 0.214. The molecule has 172 valence electrons. The molecule has 3 aromatic carbocycles. The van der Waals surface area contributed by atoms with Crippen molar-refractivity contribution >= 4 is 17.3 Å². The number of piperidine rings is 1. The lowest BCUT2D eigenvalue weighted by Gasteiger charge is -2.33. The summed E-state index contributed by atoms with van der Waals surface area (Å²) in [6.07, 6.45) is 3.80. The third-order valence-corrected chi connectivity index (χ3v) is 6.29. The van der Waals surface area contributed by atoms with E-state index < -0.39 is 0 Å². The van der Waals surface area contributed by atoms with E-state index in [2.05, 4.69) is 50.5 Å². The van der Waals surface area contributed by atoms with Crippen molar-refractivity contribution in [3.8, 4) is 22.6 Å². The van der Waals surface area contributed by atoms with Crippen LogP contribution < -0.4 is 20.7 Å². The molecule has 1 aliphatic heterocycles. The summed E-state index contributed by atoms with van der Waals surface area (Å²) in [6.45, 7) is 3.00. The third kappa shape index (κ3) is 5.12. The zero-order valence-corrected chi connectivity index (χ0v) is 19.1. The summed E-state index contributed by atoms with van der Waals surface area (Å²) in [4.78, 5) is 11.2. The molecule has 1 saturated heterocycles. The van der Waals surface area contributed by atoms with Crippen molar-refractivity contribution in [3.05, 3.63) is 91.3 Å². The summed E-state index contributed by atoms with van der Waals surface area (Å²) in [6, 6.07) is 28.3. The van der Waals surface area contributed by atoms with Crippen LogP contribution in [0.2, 0.25) is 0 Å². The van der Waals surface area contributed by atoms with Crippen molar-refractivity contribution in [1.82, 2.24) is 9.97 Å². The average Bonchev–Trinajstić information content (AvgIpc) is 2.90. The van der Waals surface area contributed by atoms with Crippen molar-refractivity contribution in [3.63, 3.8) is 0 Å². The molecule has 0 saturated carbocycles. The molecular formula is C28H29N5O. The highest BCUT2D eigenvalue weighted by Crippen LogP contribution is 2.33. The van der Waals surface area contributed by atoms with Gasteiger partial charge >= 0.3 is 0 Å². The number of rotatable bonds is 7. The number of nitrogen functional groups attached to an aromatic ring is 1. The fourth-order valence-corrected chi connectivity index (χ4v) is 4.41. The molecule has 6 nitrogen and oxygen atoms in total. The quantitative estimate of drug-likeness (QED) is 0.367. The zero-order valence-electron chi connectivity index (χ0n) is 19.1. The molecule has 0 bridgehead atoms. The number of benzene rings is 3. The minimum absolute atomic E-state index is 0.466. The summed E-state index contributed by atoms with van der Waals surface area (Å²) in [5, 5.41) is 3.55. The molecule has 1 aliphatic rings. The first-order valence-electron chi connectivity index (χ1n) is 11.7. The van der Waals surface area contributed by atoms with Gasteiger partial charge in [0.2, 0.25) is 0 Å². The largest absolute Gasteiger partial charge is 0.457 e. The first-order chi connectivity index (χ1) is 16.8. The van der Waals surface area contributed by atoms with Crippen LogP contribution in [0.5, 0.6) is 11.5 Å². The van der Waals surface area contributed by atoms with Gasteiger partial charge in [-0.05, 0) is 60.7 Å². The molecule has 0 spiro atoms. The number of hydrogen-bond acceptors (Lipinski definition) is 6. The fourth-order valence-electron chi connectivity index (χ4n) is 4.41. The molecule has 3 N–H and O–H groups in total. The molecular weight excluding hydrogens is 422 g/mol.